The van der Waals surface area contributed by atoms with Gasteiger partial charge < -0.3 is 20.9 Å². The van der Waals surface area contributed by atoms with Gasteiger partial charge in [-0.05, 0) is 77.2 Å². The molecule has 0 aliphatic carbocycles. The van der Waals surface area contributed by atoms with Gasteiger partial charge in [-0.2, -0.15) is 0 Å². The fourth-order valence-electron chi connectivity index (χ4n) is 4.98. The number of rotatable bonds is 30. The molecule has 0 fully saturated rings. The van der Waals surface area contributed by atoms with E-state index in [9.17, 15) is 19.5 Å². The second kappa shape index (κ2) is 29.6. The number of hydrogen-bond acceptors (Lipinski definition) is 5. The van der Waals surface area contributed by atoms with Crippen LogP contribution in [-0.4, -0.2) is 41.6 Å². The summed E-state index contributed by atoms with van der Waals surface area (Å²) in [5.41, 5.74) is 5.45. The highest BCUT2D eigenvalue weighted by Gasteiger charge is 2.19. The fraction of sp³-hybridized carbons (Fsp3) is 0.853. The summed E-state index contributed by atoms with van der Waals surface area (Å²) in [6.07, 6.45) is 28.2. The van der Waals surface area contributed by atoms with Crippen molar-refractivity contribution in [1.29, 1.82) is 0 Å². The van der Waals surface area contributed by atoms with Gasteiger partial charge in [0.1, 0.15) is 12.1 Å². The molecule has 0 spiro atoms. The van der Waals surface area contributed by atoms with Gasteiger partial charge in [-0.3, -0.25) is 9.59 Å². The van der Waals surface area contributed by atoms with Crippen LogP contribution in [0.2, 0.25) is 0 Å². The van der Waals surface area contributed by atoms with E-state index in [1.807, 2.05) is 0 Å². The van der Waals surface area contributed by atoms with Gasteiger partial charge in [0.2, 0.25) is 5.91 Å². The zero-order valence-corrected chi connectivity index (χ0v) is 26.6. The average molecular weight is 581 g/mol. The van der Waals surface area contributed by atoms with Gasteiger partial charge in [-0.25, -0.2) is 4.79 Å². The Balaban J connectivity index is 4.25. The number of nitrogens with one attached hydrogen (secondary N) is 1. The largest absolute Gasteiger partial charge is 0.480 e. The maximum Gasteiger partial charge on any atom is 0.326 e. The van der Waals surface area contributed by atoms with Crippen molar-refractivity contribution in [3.05, 3.63) is 12.2 Å². The number of amides is 1. The Morgan fingerprint density at radius 3 is 1.85 bits per heavy atom. The van der Waals surface area contributed by atoms with Crippen LogP contribution in [0, 0.1) is 0 Å². The van der Waals surface area contributed by atoms with Crippen LogP contribution in [0.15, 0.2) is 12.2 Å². The Labute approximate surface area is 251 Å². The van der Waals surface area contributed by atoms with Crippen molar-refractivity contribution in [1.82, 2.24) is 5.32 Å². The number of carboxylic acid groups (broad SMARTS) is 1. The molecule has 0 rings (SSSR count). The minimum atomic E-state index is -1.01. The number of nitrogens with two attached hydrogens (primary N) is 1. The van der Waals surface area contributed by atoms with Gasteiger partial charge in [0.15, 0.2) is 0 Å². The van der Waals surface area contributed by atoms with Crippen LogP contribution < -0.4 is 11.1 Å². The van der Waals surface area contributed by atoms with Crippen LogP contribution in [0.3, 0.4) is 0 Å². The lowest BCUT2D eigenvalue weighted by Crippen LogP contribution is -2.40. The van der Waals surface area contributed by atoms with E-state index in [0.717, 1.165) is 64.2 Å². The molecule has 2 unspecified atom stereocenters. The van der Waals surface area contributed by atoms with Gasteiger partial charge in [-0.15, -0.1) is 0 Å². The van der Waals surface area contributed by atoms with Gasteiger partial charge in [0.25, 0.3) is 0 Å². The number of carbonyl (C=O) groups is 3. The number of ether oxygens (including phenoxy) is 1. The normalized spacial score (nSPS) is 12.9. The van der Waals surface area contributed by atoms with E-state index in [-0.39, 0.29) is 18.0 Å². The third kappa shape index (κ3) is 26.7. The topological polar surface area (TPSA) is 119 Å². The standard InChI is InChI=1S/C34H64N2O5/c1-3-5-7-9-11-12-13-14-16-22-28-33(38)41-30(24-19-15-10-8-6-4-2)25-20-17-18-21-27-32(37)36-31(34(39)40)26-23-29-35/h7,9,30-31H,3-6,8,10-29,35H2,1-2H3,(H,36,37)(H,39,40)/b9-7-. The van der Waals surface area contributed by atoms with Gasteiger partial charge >= 0.3 is 11.9 Å². The molecule has 0 saturated heterocycles. The Bertz CT molecular complexity index is 668. The first-order valence-electron chi connectivity index (χ1n) is 17.0. The highest BCUT2D eigenvalue weighted by molar-refractivity contribution is 5.83. The second-order valence-electron chi connectivity index (χ2n) is 11.6. The highest BCUT2D eigenvalue weighted by Crippen LogP contribution is 2.18. The summed E-state index contributed by atoms with van der Waals surface area (Å²) >= 11 is 0. The molecule has 7 heteroatoms. The summed E-state index contributed by atoms with van der Waals surface area (Å²) in [5.74, 6) is -1.28. The number of carbonyl (C=O) groups excluding carboxylic acids is 2. The summed E-state index contributed by atoms with van der Waals surface area (Å²) < 4.78 is 5.93. The summed E-state index contributed by atoms with van der Waals surface area (Å²) in [4.78, 5) is 36.0. The summed E-state index contributed by atoms with van der Waals surface area (Å²) in [5, 5.41) is 11.9. The molecule has 0 aromatic heterocycles. The number of allylic oxidation sites excluding steroid dienone is 2. The van der Waals surface area contributed by atoms with Crippen molar-refractivity contribution in [2.75, 3.05) is 6.54 Å². The predicted molar refractivity (Wildman–Crippen MR) is 170 cm³/mol. The molecule has 1 amide bonds. The smallest absolute Gasteiger partial charge is 0.326 e. The molecule has 7 nitrogen and oxygen atoms in total. The Morgan fingerprint density at radius 2 is 1.24 bits per heavy atom. The van der Waals surface area contributed by atoms with Crippen molar-refractivity contribution in [2.45, 2.75) is 180 Å². The number of carboxylic acids is 1. The van der Waals surface area contributed by atoms with Crippen molar-refractivity contribution in [3.63, 3.8) is 0 Å². The molecule has 0 aromatic carbocycles. The van der Waals surface area contributed by atoms with Crippen LogP contribution in [0.25, 0.3) is 0 Å². The molecule has 0 aliphatic rings. The quantitative estimate of drug-likeness (QED) is 0.0446. The molecular formula is C34H64N2O5. The van der Waals surface area contributed by atoms with Crippen LogP contribution >= 0.6 is 0 Å². The third-order valence-electron chi connectivity index (χ3n) is 7.56. The average Bonchev–Trinajstić information content (AvgIpc) is 2.95. The summed E-state index contributed by atoms with van der Waals surface area (Å²) in [7, 11) is 0. The maximum absolute atomic E-state index is 12.6. The third-order valence-corrected chi connectivity index (χ3v) is 7.56. The monoisotopic (exact) mass is 580 g/mol. The second-order valence-corrected chi connectivity index (χ2v) is 11.6. The first-order chi connectivity index (χ1) is 19.9. The fourth-order valence-corrected chi connectivity index (χ4v) is 4.98. The van der Waals surface area contributed by atoms with Crippen molar-refractivity contribution in [2.24, 2.45) is 5.73 Å². The van der Waals surface area contributed by atoms with E-state index in [2.05, 4.69) is 31.3 Å². The van der Waals surface area contributed by atoms with Crippen molar-refractivity contribution < 1.29 is 24.2 Å². The molecule has 4 N–H and O–H groups in total. The van der Waals surface area contributed by atoms with E-state index in [1.165, 1.54) is 64.2 Å². The lowest BCUT2D eigenvalue weighted by molar-refractivity contribution is -0.150. The number of esters is 1. The molecule has 2 atom stereocenters. The first kappa shape index (κ1) is 39.1. The molecule has 0 saturated carbocycles. The number of aliphatic carboxylic acids is 1. The predicted octanol–water partition coefficient (Wildman–Crippen LogP) is 8.38. The lowest BCUT2D eigenvalue weighted by atomic mass is 10.0. The zero-order chi connectivity index (χ0) is 30.4. The number of hydrogen-bond donors (Lipinski definition) is 3. The molecule has 0 aromatic rings. The van der Waals surface area contributed by atoms with Gasteiger partial charge in [0.05, 0.1) is 0 Å². The Morgan fingerprint density at radius 1 is 0.683 bits per heavy atom. The van der Waals surface area contributed by atoms with Gasteiger partial charge in [-0.1, -0.05) is 96.6 Å². The van der Waals surface area contributed by atoms with Crippen molar-refractivity contribution >= 4 is 17.8 Å². The zero-order valence-electron chi connectivity index (χ0n) is 26.6. The van der Waals surface area contributed by atoms with E-state index in [1.54, 1.807) is 0 Å². The minimum absolute atomic E-state index is 0.00856. The molecule has 0 aliphatic heterocycles. The number of unbranched alkanes of at least 4 members (excludes halogenated alkanes) is 14. The minimum Gasteiger partial charge on any atom is -0.480 e. The van der Waals surface area contributed by atoms with E-state index >= 15 is 0 Å². The van der Waals surface area contributed by atoms with E-state index < -0.39 is 12.0 Å². The molecule has 0 bridgehead atoms. The highest BCUT2D eigenvalue weighted by atomic mass is 16.5. The molecule has 240 valence electrons. The summed E-state index contributed by atoms with van der Waals surface area (Å²) in [6, 6.07) is -0.860. The van der Waals surface area contributed by atoms with E-state index in [4.69, 9.17) is 10.5 Å². The molecule has 41 heavy (non-hydrogen) atoms. The van der Waals surface area contributed by atoms with Crippen LogP contribution in [-0.2, 0) is 19.1 Å². The molecule has 0 heterocycles. The van der Waals surface area contributed by atoms with Gasteiger partial charge in [0, 0.05) is 12.8 Å². The van der Waals surface area contributed by atoms with E-state index in [0.29, 0.717) is 32.2 Å². The summed E-state index contributed by atoms with van der Waals surface area (Å²) in [6.45, 7) is 4.84. The molecule has 0 radical (unpaired) electrons. The Kier molecular flexibility index (Phi) is 28.2. The SMILES string of the molecule is CCC/C=C\CCCCCCCC(=O)OC(CCCCCCCC)CCCCCCC(=O)NC(CCCN)C(=O)O. The first-order valence-corrected chi connectivity index (χ1v) is 17.0. The van der Waals surface area contributed by atoms with Crippen LogP contribution in [0.4, 0.5) is 0 Å². The Hall–Kier alpha value is -1.89. The van der Waals surface area contributed by atoms with Crippen LogP contribution in [0.5, 0.6) is 0 Å². The molecular weight excluding hydrogens is 516 g/mol. The van der Waals surface area contributed by atoms with Crippen molar-refractivity contribution in [3.8, 4) is 0 Å². The maximum atomic E-state index is 12.6. The van der Waals surface area contributed by atoms with Crippen LogP contribution in [0.1, 0.15) is 168 Å². The lowest BCUT2D eigenvalue weighted by Gasteiger charge is -2.18.